The molecule has 0 fully saturated rings. The van der Waals surface area contributed by atoms with Gasteiger partial charge in [0.25, 0.3) is 0 Å². The molecule has 3 aromatic heterocycles. The number of rotatable bonds is 16. The Morgan fingerprint density at radius 2 is 1.37 bits per heavy atom. The van der Waals surface area contributed by atoms with Gasteiger partial charge in [-0.1, -0.05) is 27.9 Å². The molecule has 7 nitrogen and oxygen atoms in total. The molecule has 198 valence electrons. The lowest BCUT2D eigenvalue weighted by molar-refractivity contribution is -0.698. The second-order valence-electron chi connectivity index (χ2n) is 8.47. The number of aromatic nitrogens is 5. The molecule has 3 rings (SSSR count). The Morgan fingerprint density at radius 1 is 0.800 bits per heavy atom. The fourth-order valence-corrected chi connectivity index (χ4v) is 5.95. The van der Waals surface area contributed by atoms with Gasteiger partial charge in [0.2, 0.25) is 11.0 Å². The summed E-state index contributed by atoms with van der Waals surface area (Å²) in [7, 11) is 3.52. The van der Waals surface area contributed by atoms with Gasteiger partial charge in [-0.3, -0.25) is 4.68 Å². The molecular weight excluding hydrogens is 525 g/mol. The second kappa shape index (κ2) is 17.4. The van der Waals surface area contributed by atoms with Gasteiger partial charge in [-0.15, -0.1) is 5.10 Å². The molecule has 0 aliphatic carbocycles. The van der Waals surface area contributed by atoms with Crippen LogP contribution in [0.15, 0.2) is 17.2 Å². The topological polar surface area (TPSA) is 56.9 Å². The number of ether oxygens (including phenoxy) is 2. The van der Waals surface area contributed by atoms with Crippen molar-refractivity contribution in [1.29, 1.82) is 0 Å². The van der Waals surface area contributed by atoms with Gasteiger partial charge in [-0.25, -0.2) is 0 Å². The number of thiazole rings is 2. The molecule has 0 aliphatic heterocycles. The van der Waals surface area contributed by atoms with Crippen LogP contribution in [0.3, 0.4) is 0 Å². The van der Waals surface area contributed by atoms with E-state index in [1.54, 1.807) is 14.2 Å². The zero-order chi connectivity index (χ0) is 23.5. The van der Waals surface area contributed by atoms with Crippen molar-refractivity contribution in [3.63, 3.8) is 0 Å². The van der Waals surface area contributed by atoms with Crippen LogP contribution < -0.4 is 33.9 Å². The van der Waals surface area contributed by atoms with Gasteiger partial charge in [0, 0.05) is 66.5 Å². The van der Waals surface area contributed by atoms with Crippen LogP contribution in [0.2, 0.25) is 0 Å². The molecule has 0 amide bonds. The highest BCUT2D eigenvalue weighted by molar-refractivity contribution is 7.09. The lowest BCUT2D eigenvalue weighted by Crippen LogP contribution is -3.00. The number of halogens is 2. The van der Waals surface area contributed by atoms with E-state index in [1.165, 1.54) is 34.0 Å². The minimum atomic E-state index is 0. The third-order valence-corrected chi connectivity index (χ3v) is 8.37. The predicted molar refractivity (Wildman–Crippen MR) is 132 cm³/mol. The van der Waals surface area contributed by atoms with Crippen molar-refractivity contribution < 1.29 is 43.4 Å². The summed E-state index contributed by atoms with van der Waals surface area (Å²) in [5.74, 6) is 0. The van der Waals surface area contributed by atoms with Crippen LogP contribution in [-0.4, -0.2) is 42.4 Å². The Labute approximate surface area is 230 Å². The third-order valence-electron chi connectivity index (χ3n) is 6.08. The average Bonchev–Trinajstić information content (AvgIpc) is 3.51. The van der Waals surface area contributed by atoms with Gasteiger partial charge in [-0.2, -0.15) is 9.13 Å². The quantitative estimate of drug-likeness (QED) is 0.143. The van der Waals surface area contributed by atoms with Crippen molar-refractivity contribution in [2.75, 3.05) is 27.4 Å². The summed E-state index contributed by atoms with van der Waals surface area (Å²) in [4.78, 5) is 2.85. The summed E-state index contributed by atoms with van der Waals surface area (Å²) in [5.41, 5.74) is 8.33. The molecule has 0 spiro atoms. The monoisotopic (exact) mass is 563 g/mol. The Morgan fingerprint density at radius 3 is 1.94 bits per heavy atom. The zero-order valence-corrected chi connectivity index (χ0v) is 24.5. The molecule has 0 aromatic carbocycles. The molecule has 0 atom stereocenters. The molecule has 3 heterocycles. The highest BCUT2D eigenvalue weighted by atomic mass is 35.5. The highest BCUT2D eigenvalue weighted by Gasteiger charge is 2.16. The molecule has 0 unspecified atom stereocenters. The van der Waals surface area contributed by atoms with Gasteiger partial charge in [0.15, 0.2) is 11.4 Å². The van der Waals surface area contributed by atoms with Crippen molar-refractivity contribution >= 4 is 22.7 Å². The van der Waals surface area contributed by atoms with Crippen molar-refractivity contribution in [3.8, 4) is 0 Å². The Balaban J connectivity index is 0.00000306. The number of nitrogens with zero attached hydrogens (tertiary/aromatic N) is 5. The van der Waals surface area contributed by atoms with E-state index < -0.39 is 0 Å². The van der Waals surface area contributed by atoms with E-state index in [4.69, 9.17) is 9.47 Å². The standard InChI is InChI=1S/C24H39N5O2S2.2ClH/c1-20-23(10-15-30-3)32-18-27(20)12-6-5-7-14-29-17-22(25-26-29)9-8-13-28-19-33-24(21(28)2)11-16-31-4;;/h17-19H,5-16H2,1-4H3;2*1H/q+2;;/p-2. The van der Waals surface area contributed by atoms with Crippen molar-refractivity contribution in [2.45, 2.75) is 78.4 Å². The maximum absolute atomic E-state index is 5.21. The molecule has 35 heavy (non-hydrogen) atoms. The lowest BCUT2D eigenvalue weighted by Gasteiger charge is -2.00. The fraction of sp³-hybridized carbons (Fsp3) is 0.667. The number of aryl methyl sites for hydroxylation is 4. The van der Waals surface area contributed by atoms with Crippen LogP contribution in [0.1, 0.15) is 52.5 Å². The molecule has 11 heteroatoms. The molecular formula is C24H39Cl2N5O2S2. The van der Waals surface area contributed by atoms with Crippen LogP contribution in [0.4, 0.5) is 0 Å². The summed E-state index contributed by atoms with van der Waals surface area (Å²) < 4.78 is 17.2. The van der Waals surface area contributed by atoms with E-state index in [-0.39, 0.29) is 24.8 Å². The predicted octanol–water partition coefficient (Wildman–Crippen LogP) is -2.52. The van der Waals surface area contributed by atoms with Crippen molar-refractivity contribution in [3.05, 3.63) is 44.1 Å². The minimum Gasteiger partial charge on any atom is -1.00 e. The molecule has 0 N–H and O–H groups in total. The van der Waals surface area contributed by atoms with E-state index in [1.807, 2.05) is 27.4 Å². The number of hydrogen-bond acceptors (Lipinski definition) is 6. The van der Waals surface area contributed by atoms with Gasteiger partial charge in [0.05, 0.1) is 28.7 Å². The molecule has 0 bridgehead atoms. The van der Waals surface area contributed by atoms with E-state index in [0.29, 0.717) is 0 Å². The smallest absolute Gasteiger partial charge is 0.225 e. The zero-order valence-electron chi connectivity index (χ0n) is 21.3. The largest absolute Gasteiger partial charge is 1.00 e. The first-order valence-corrected chi connectivity index (χ1v) is 13.7. The molecule has 0 saturated carbocycles. The van der Waals surface area contributed by atoms with E-state index in [2.05, 4.69) is 50.5 Å². The number of hydrogen-bond donors (Lipinski definition) is 0. The molecule has 3 aromatic rings. The molecule has 0 aliphatic rings. The Hall–Kier alpha value is -1.10. The highest BCUT2D eigenvalue weighted by Crippen LogP contribution is 2.13. The third kappa shape index (κ3) is 10.1. The first kappa shape index (κ1) is 31.9. The Bertz CT molecular complexity index is 977. The van der Waals surface area contributed by atoms with Crippen molar-refractivity contribution in [2.24, 2.45) is 0 Å². The lowest BCUT2D eigenvalue weighted by atomic mass is 10.2. The maximum Gasteiger partial charge on any atom is 0.225 e. The maximum atomic E-state index is 5.21. The van der Waals surface area contributed by atoms with Gasteiger partial charge in [-0.05, 0) is 19.3 Å². The normalized spacial score (nSPS) is 10.9. The second-order valence-corrected chi connectivity index (χ2v) is 10.4. The molecule has 0 saturated heterocycles. The van der Waals surface area contributed by atoms with E-state index >= 15 is 0 Å². The first-order valence-electron chi connectivity index (χ1n) is 11.9. The van der Waals surface area contributed by atoms with Gasteiger partial charge in [0.1, 0.15) is 13.1 Å². The van der Waals surface area contributed by atoms with Crippen LogP contribution in [0.5, 0.6) is 0 Å². The number of methoxy groups -OCH3 is 2. The number of unbranched alkanes of at least 4 members (excludes halogenated alkanes) is 2. The van der Waals surface area contributed by atoms with Crippen LogP contribution >= 0.6 is 22.7 Å². The summed E-state index contributed by atoms with van der Waals surface area (Å²) >= 11 is 3.67. The SMILES string of the molecule is COCCc1sc[n+](CCCCCn2cc(CCC[n+]3csc(CCOC)c3C)nn2)c1C.[Cl-].[Cl-]. The van der Waals surface area contributed by atoms with Crippen molar-refractivity contribution in [1.82, 2.24) is 15.0 Å². The van der Waals surface area contributed by atoms with E-state index in [9.17, 15) is 0 Å². The Kier molecular flexibility index (Phi) is 15.8. The van der Waals surface area contributed by atoms with Crippen LogP contribution in [-0.2, 0) is 48.4 Å². The van der Waals surface area contributed by atoms with Gasteiger partial charge >= 0.3 is 0 Å². The first-order chi connectivity index (χ1) is 16.1. The summed E-state index contributed by atoms with van der Waals surface area (Å²) in [6.45, 7) is 9.06. The summed E-state index contributed by atoms with van der Waals surface area (Å²) in [5, 5.41) is 8.71. The average molecular weight is 565 g/mol. The van der Waals surface area contributed by atoms with E-state index in [0.717, 1.165) is 70.6 Å². The summed E-state index contributed by atoms with van der Waals surface area (Å²) in [6, 6.07) is 0. The van der Waals surface area contributed by atoms with Gasteiger partial charge < -0.3 is 34.3 Å². The molecule has 0 radical (unpaired) electrons. The fourth-order valence-electron chi connectivity index (χ4n) is 3.94. The minimum absolute atomic E-state index is 0. The summed E-state index contributed by atoms with van der Waals surface area (Å²) in [6.07, 6.45) is 9.70. The van der Waals surface area contributed by atoms with Crippen LogP contribution in [0.25, 0.3) is 0 Å². The van der Waals surface area contributed by atoms with Crippen LogP contribution in [0, 0.1) is 13.8 Å².